The minimum absolute atomic E-state index is 0.236. The first kappa shape index (κ1) is 13.9. The van der Waals surface area contributed by atoms with Gasteiger partial charge in [-0.15, -0.1) is 0 Å². The molecule has 0 amide bonds. The van der Waals surface area contributed by atoms with Crippen molar-refractivity contribution in [2.24, 2.45) is 0 Å². The Morgan fingerprint density at radius 2 is 1.55 bits per heavy atom. The molecular weight excluding hydrogens is 276 g/mol. The fourth-order valence-electron chi connectivity index (χ4n) is 3.59. The predicted octanol–water partition coefficient (Wildman–Crippen LogP) is 3.58. The van der Waals surface area contributed by atoms with E-state index in [0.717, 1.165) is 35.4 Å². The van der Waals surface area contributed by atoms with E-state index in [1.165, 1.54) is 19.3 Å². The SMILES string of the molecule is O[C@H]1c2cccnc2-c2ncccc2[C@@H]1OC1CCCCC1. The summed E-state index contributed by atoms with van der Waals surface area (Å²) in [5, 5.41) is 10.8. The maximum absolute atomic E-state index is 10.8. The van der Waals surface area contributed by atoms with Gasteiger partial charge in [0.05, 0.1) is 17.5 Å². The van der Waals surface area contributed by atoms with E-state index < -0.39 is 6.10 Å². The third-order valence-electron chi connectivity index (χ3n) is 4.71. The molecule has 2 heterocycles. The molecule has 2 atom stereocenters. The van der Waals surface area contributed by atoms with E-state index in [1.54, 1.807) is 12.4 Å². The van der Waals surface area contributed by atoms with Crippen LogP contribution in [0.4, 0.5) is 0 Å². The first-order valence-electron chi connectivity index (χ1n) is 8.08. The molecule has 0 aromatic carbocycles. The minimum atomic E-state index is -0.678. The summed E-state index contributed by atoms with van der Waals surface area (Å²) < 4.78 is 6.31. The molecular formula is C18H20N2O2. The highest BCUT2D eigenvalue weighted by Gasteiger charge is 2.36. The van der Waals surface area contributed by atoms with Gasteiger partial charge in [0.15, 0.2) is 0 Å². The van der Waals surface area contributed by atoms with E-state index in [2.05, 4.69) is 9.97 Å². The Morgan fingerprint density at radius 3 is 2.27 bits per heavy atom. The largest absolute Gasteiger partial charge is 0.385 e. The van der Waals surface area contributed by atoms with Crippen molar-refractivity contribution in [3.63, 3.8) is 0 Å². The second kappa shape index (κ2) is 5.78. The van der Waals surface area contributed by atoms with Crippen LogP contribution in [0, 0.1) is 0 Å². The number of aliphatic hydroxyl groups excluding tert-OH is 1. The van der Waals surface area contributed by atoms with E-state index in [1.807, 2.05) is 24.3 Å². The number of hydrogen-bond acceptors (Lipinski definition) is 4. The summed E-state index contributed by atoms with van der Waals surface area (Å²) in [6.45, 7) is 0. The van der Waals surface area contributed by atoms with Crippen LogP contribution in [-0.4, -0.2) is 21.2 Å². The van der Waals surface area contributed by atoms with Crippen molar-refractivity contribution in [2.45, 2.75) is 50.4 Å². The lowest BCUT2D eigenvalue weighted by molar-refractivity contribution is -0.0926. The number of fused-ring (bicyclic) bond motifs is 3. The van der Waals surface area contributed by atoms with Crippen LogP contribution < -0.4 is 0 Å². The third-order valence-corrected chi connectivity index (χ3v) is 4.71. The van der Waals surface area contributed by atoms with Crippen LogP contribution in [-0.2, 0) is 4.74 Å². The molecule has 4 nitrogen and oxygen atoms in total. The van der Waals surface area contributed by atoms with Crippen LogP contribution in [0.5, 0.6) is 0 Å². The highest BCUT2D eigenvalue weighted by atomic mass is 16.5. The third kappa shape index (κ3) is 2.32. The topological polar surface area (TPSA) is 55.2 Å². The van der Waals surface area contributed by atoms with Crippen LogP contribution in [0.3, 0.4) is 0 Å². The Morgan fingerprint density at radius 1 is 0.909 bits per heavy atom. The summed E-state index contributed by atoms with van der Waals surface area (Å²) in [6.07, 6.45) is 8.61. The standard InChI is InChI=1S/C18H20N2O2/c21-17-13-8-4-10-19-15(13)16-14(9-5-11-20-16)18(17)22-12-6-2-1-3-7-12/h4-5,8-12,17-18,21H,1-3,6-7H2/t17-,18-/m0/s1. The van der Waals surface area contributed by atoms with E-state index in [9.17, 15) is 5.11 Å². The van der Waals surface area contributed by atoms with Gasteiger partial charge in [-0.05, 0) is 25.0 Å². The molecule has 0 radical (unpaired) electrons. The van der Waals surface area contributed by atoms with Crippen molar-refractivity contribution >= 4 is 0 Å². The summed E-state index contributed by atoms with van der Waals surface area (Å²) in [6, 6.07) is 7.67. The highest BCUT2D eigenvalue weighted by molar-refractivity contribution is 5.67. The predicted molar refractivity (Wildman–Crippen MR) is 83.1 cm³/mol. The number of aromatic nitrogens is 2. The number of hydrogen-bond donors (Lipinski definition) is 1. The van der Waals surface area contributed by atoms with E-state index in [4.69, 9.17) is 4.74 Å². The molecule has 0 aliphatic heterocycles. The van der Waals surface area contributed by atoms with Gasteiger partial charge in [-0.3, -0.25) is 9.97 Å². The molecule has 0 bridgehead atoms. The zero-order valence-corrected chi connectivity index (χ0v) is 12.5. The lowest BCUT2D eigenvalue weighted by atomic mass is 9.87. The smallest absolute Gasteiger partial charge is 0.115 e. The van der Waals surface area contributed by atoms with Gasteiger partial charge in [-0.1, -0.05) is 31.4 Å². The van der Waals surface area contributed by atoms with E-state index >= 15 is 0 Å². The molecule has 114 valence electrons. The maximum Gasteiger partial charge on any atom is 0.115 e. The molecule has 2 aromatic heterocycles. The van der Waals surface area contributed by atoms with Crippen LogP contribution in [0.15, 0.2) is 36.7 Å². The molecule has 0 saturated heterocycles. The molecule has 1 saturated carbocycles. The molecule has 1 fully saturated rings. The molecule has 2 aromatic rings. The molecule has 4 rings (SSSR count). The van der Waals surface area contributed by atoms with Gasteiger partial charge < -0.3 is 9.84 Å². The highest BCUT2D eigenvalue weighted by Crippen LogP contribution is 2.45. The van der Waals surface area contributed by atoms with Crippen LogP contribution >= 0.6 is 0 Å². The molecule has 2 aliphatic carbocycles. The lowest BCUT2D eigenvalue weighted by Gasteiger charge is -2.34. The second-order valence-electron chi connectivity index (χ2n) is 6.14. The summed E-state index contributed by atoms with van der Waals surface area (Å²) in [5.41, 5.74) is 3.37. The normalized spacial score (nSPS) is 24.6. The van der Waals surface area contributed by atoms with Gasteiger partial charge in [-0.25, -0.2) is 0 Å². The van der Waals surface area contributed by atoms with Crippen LogP contribution in [0.2, 0.25) is 0 Å². The fraction of sp³-hybridized carbons (Fsp3) is 0.444. The Hall–Kier alpha value is -1.78. The summed E-state index contributed by atoms with van der Waals surface area (Å²) in [4.78, 5) is 8.90. The summed E-state index contributed by atoms with van der Waals surface area (Å²) in [5.74, 6) is 0. The zero-order chi connectivity index (χ0) is 14.9. The molecule has 0 unspecified atom stereocenters. The van der Waals surface area contributed by atoms with Gasteiger partial charge in [0, 0.05) is 23.5 Å². The summed E-state index contributed by atoms with van der Waals surface area (Å²) in [7, 11) is 0. The number of rotatable bonds is 2. The number of aliphatic hydroxyl groups is 1. The van der Waals surface area contributed by atoms with Crippen LogP contribution in [0.25, 0.3) is 11.4 Å². The van der Waals surface area contributed by atoms with Gasteiger partial charge in [0.2, 0.25) is 0 Å². The van der Waals surface area contributed by atoms with Crippen LogP contribution in [0.1, 0.15) is 55.4 Å². The Labute approximate surface area is 130 Å². The number of pyridine rings is 2. The van der Waals surface area contributed by atoms with Gasteiger partial charge in [0.1, 0.15) is 12.2 Å². The molecule has 0 spiro atoms. The first-order chi connectivity index (χ1) is 10.8. The van der Waals surface area contributed by atoms with E-state index in [0.29, 0.717) is 0 Å². The monoisotopic (exact) mass is 296 g/mol. The second-order valence-corrected chi connectivity index (χ2v) is 6.14. The summed E-state index contributed by atoms with van der Waals surface area (Å²) >= 11 is 0. The van der Waals surface area contributed by atoms with Crippen molar-refractivity contribution in [3.8, 4) is 11.4 Å². The maximum atomic E-state index is 10.8. The molecule has 1 N–H and O–H groups in total. The Kier molecular flexibility index (Phi) is 3.64. The minimum Gasteiger partial charge on any atom is -0.385 e. The van der Waals surface area contributed by atoms with Gasteiger partial charge >= 0.3 is 0 Å². The average molecular weight is 296 g/mol. The quantitative estimate of drug-likeness (QED) is 0.920. The average Bonchev–Trinajstić information content (AvgIpc) is 2.59. The van der Waals surface area contributed by atoms with E-state index in [-0.39, 0.29) is 12.2 Å². The van der Waals surface area contributed by atoms with Gasteiger partial charge in [-0.2, -0.15) is 0 Å². The van der Waals surface area contributed by atoms with Gasteiger partial charge in [0.25, 0.3) is 0 Å². The Balaban J connectivity index is 1.73. The number of ether oxygens (including phenoxy) is 1. The lowest BCUT2D eigenvalue weighted by Crippen LogP contribution is -2.27. The first-order valence-corrected chi connectivity index (χ1v) is 8.08. The van der Waals surface area contributed by atoms with Crippen molar-refractivity contribution < 1.29 is 9.84 Å². The molecule has 2 aliphatic rings. The Bertz CT molecular complexity index is 668. The van der Waals surface area contributed by atoms with Crippen molar-refractivity contribution in [1.29, 1.82) is 0 Å². The zero-order valence-electron chi connectivity index (χ0n) is 12.5. The fourth-order valence-corrected chi connectivity index (χ4v) is 3.59. The molecule has 22 heavy (non-hydrogen) atoms. The van der Waals surface area contributed by atoms with Crippen molar-refractivity contribution in [1.82, 2.24) is 9.97 Å². The molecule has 4 heteroatoms. The van der Waals surface area contributed by atoms with Crippen molar-refractivity contribution in [2.75, 3.05) is 0 Å². The number of nitrogens with zero attached hydrogens (tertiary/aromatic N) is 2. The van der Waals surface area contributed by atoms with Crippen molar-refractivity contribution in [3.05, 3.63) is 47.8 Å².